The van der Waals surface area contributed by atoms with Crippen molar-refractivity contribution in [3.8, 4) is 5.75 Å². The Kier molecular flexibility index (Phi) is 6.62. The van der Waals surface area contributed by atoms with E-state index in [4.69, 9.17) is 10.5 Å². The van der Waals surface area contributed by atoms with Crippen LogP contribution in [0.25, 0.3) is 0 Å². The topological polar surface area (TPSA) is 76.4 Å². The van der Waals surface area contributed by atoms with Crippen molar-refractivity contribution in [3.63, 3.8) is 0 Å². The summed E-state index contributed by atoms with van der Waals surface area (Å²) in [5.41, 5.74) is 9.03. The van der Waals surface area contributed by atoms with E-state index in [0.717, 1.165) is 64.8 Å². The van der Waals surface area contributed by atoms with Crippen LogP contribution in [-0.4, -0.2) is 18.6 Å². The molecule has 2 aromatic carbocycles. The number of nitrogens with one attached hydrogen (secondary N) is 2. The average Bonchev–Trinajstić information content (AvgIpc) is 2.69. The van der Waals surface area contributed by atoms with Gasteiger partial charge in [-0.25, -0.2) is 0 Å². The first-order valence-electron chi connectivity index (χ1n) is 9.69. The van der Waals surface area contributed by atoms with Crippen molar-refractivity contribution in [1.29, 1.82) is 0 Å². The largest absolute Gasteiger partial charge is 0.496 e. The normalized spacial score (nSPS) is 15.8. The molecule has 0 radical (unpaired) electrons. The lowest BCUT2D eigenvalue weighted by Crippen LogP contribution is -2.55. The van der Waals surface area contributed by atoms with Crippen LogP contribution in [0.5, 0.6) is 5.75 Å². The van der Waals surface area contributed by atoms with E-state index in [9.17, 15) is 4.79 Å². The van der Waals surface area contributed by atoms with E-state index >= 15 is 0 Å². The number of hydrogen-bond donors (Lipinski definition) is 3. The Morgan fingerprint density at radius 1 is 1.21 bits per heavy atom. The van der Waals surface area contributed by atoms with E-state index in [-0.39, 0.29) is 5.91 Å². The molecule has 1 aliphatic rings. The Bertz CT molecular complexity index is 827. The predicted octanol–water partition coefficient (Wildman–Crippen LogP) is 4.78. The third-order valence-corrected chi connectivity index (χ3v) is 6.31. The van der Waals surface area contributed by atoms with Crippen molar-refractivity contribution >= 4 is 33.2 Å². The SMILES string of the molecule is COc1cc(NC(=O)C2(NCc3c(N)cccc3Br)CCCCC2)ccc1C. The number of halogens is 1. The maximum Gasteiger partial charge on any atom is 0.244 e. The van der Waals surface area contributed by atoms with Crippen LogP contribution in [0.3, 0.4) is 0 Å². The first-order valence-corrected chi connectivity index (χ1v) is 10.5. The van der Waals surface area contributed by atoms with Gasteiger partial charge in [-0.3, -0.25) is 10.1 Å². The second kappa shape index (κ2) is 8.97. The number of anilines is 2. The molecule has 0 bridgehead atoms. The van der Waals surface area contributed by atoms with Gasteiger partial charge in [-0.05, 0) is 43.5 Å². The second-order valence-electron chi connectivity index (χ2n) is 7.44. The predicted molar refractivity (Wildman–Crippen MR) is 118 cm³/mol. The molecule has 0 saturated heterocycles. The van der Waals surface area contributed by atoms with E-state index in [2.05, 4.69) is 26.6 Å². The number of aryl methyl sites for hydroxylation is 1. The van der Waals surface area contributed by atoms with E-state index in [0.29, 0.717) is 6.54 Å². The van der Waals surface area contributed by atoms with E-state index in [1.807, 2.05) is 43.3 Å². The van der Waals surface area contributed by atoms with Crippen LogP contribution >= 0.6 is 15.9 Å². The molecular weight excluding hydrogens is 418 g/mol. The number of nitrogen functional groups attached to an aromatic ring is 1. The molecule has 5 nitrogen and oxygen atoms in total. The van der Waals surface area contributed by atoms with Crippen LogP contribution in [0, 0.1) is 6.92 Å². The average molecular weight is 446 g/mol. The fraction of sp³-hybridized carbons (Fsp3) is 0.409. The minimum absolute atomic E-state index is 0.00345. The molecule has 150 valence electrons. The van der Waals surface area contributed by atoms with Gasteiger partial charge in [0.2, 0.25) is 5.91 Å². The van der Waals surface area contributed by atoms with Crippen LogP contribution < -0.4 is 21.1 Å². The second-order valence-corrected chi connectivity index (χ2v) is 8.30. The van der Waals surface area contributed by atoms with Gasteiger partial charge in [-0.2, -0.15) is 0 Å². The van der Waals surface area contributed by atoms with Gasteiger partial charge in [0.25, 0.3) is 0 Å². The zero-order chi connectivity index (χ0) is 20.1. The summed E-state index contributed by atoms with van der Waals surface area (Å²) < 4.78 is 6.34. The highest BCUT2D eigenvalue weighted by Gasteiger charge is 2.39. The minimum atomic E-state index is -0.599. The lowest BCUT2D eigenvalue weighted by atomic mass is 9.80. The molecule has 1 aliphatic carbocycles. The van der Waals surface area contributed by atoms with Crippen molar-refractivity contribution in [1.82, 2.24) is 5.32 Å². The standard InChI is InChI=1S/C22H28BrN3O2/c1-15-9-10-16(13-20(15)28-2)26-21(27)22(11-4-3-5-12-22)25-14-17-18(23)7-6-8-19(17)24/h6-10,13,25H,3-5,11-12,14,24H2,1-2H3,(H,26,27). The first kappa shape index (κ1) is 20.7. The highest BCUT2D eigenvalue weighted by molar-refractivity contribution is 9.10. The summed E-state index contributed by atoms with van der Waals surface area (Å²) >= 11 is 3.57. The van der Waals surface area contributed by atoms with Crippen LogP contribution in [0.4, 0.5) is 11.4 Å². The molecule has 1 saturated carbocycles. The summed E-state index contributed by atoms with van der Waals surface area (Å²) in [5.74, 6) is 0.771. The van der Waals surface area contributed by atoms with Crippen LogP contribution in [0.2, 0.25) is 0 Å². The molecule has 1 amide bonds. The Morgan fingerprint density at radius 3 is 2.64 bits per heavy atom. The number of amides is 1. The molecular formula is C22H28BrN3O2. The van der Waals surface area contributed by atoms with Gasteiger partial charge in [0.1, 0.15) is 5.75 Å². The molecule has 2 aromatic rings. The van der Waals surface area contributed by atoms with Crippen LogP contribution in [-0.2, 0) is 11.3 Å². The van der Waals surface area contributed by atoms with E-state index in [1.54, 1.807) is 7.11 Å². The van der Waals surface area contributed by atoms with Crippen molar-refractivity contribution in [2.75, 3.05) is 18.2 Å². The maximum absolute atomic E-state index is 13.3. The molecule has 0 spiro atoms. The molecule has 0 aliphatic heterocycles. The Labute approximate surface area is 175 Å². The quantitative estimate of drug-likeness (QED) is 0.559. The lowest BCUT2D eigenvalue weighted by Gasteiger charge is -2.37. The van der Waals surface area contributed by atoms with Gasteiger partial charge in [-0.1, -0.05) is 47.3 Å². The number of rotatable bonds is 6. The smallest absolute Gasteiger partial charge is 0.244 e. The fourth-order valence-corrected chi connectivity index (χ4v) is 4.33. The van der Waals surface area contributed by atoms with Gasteiger partial charge < -0.3 is 15.8 Å². The number of benzene rings is 2. The summed E-state index contributed by atoms with van der Waals surface area (Å²) in [6.07, 6.45) is 4.84. The van der Waals surface area contributed by atoms with Gasteiger partial charge in [-0.15, -0.1) is 0 Å². The maximum atomic E-state index is 13.3. The molecule has 0 heterocycles. The molecule has 3 rings (SSSR count). The van der Waals surface area contributed by atoms with Crippen molar-refractivity contribution in [3.05, 3.63) is 52.0 Å². The monoisotopic (exact) mass is 445 g/mol. The van der Waals surface area contributed by atoms with Gasteiger partial charge in [0.05, 0.1) is 12.6 Å². The molecule has 0 atom stereocenters. The van der Waals surface area contributed by atoms with Crippen LogP contribution in [0.15, 0.2) is 40.9 Å². The van der Waals surface area contributed by atoms with E-state index < -0.39 is 5.54 Å². The Hall–Kier alpha value is -2.05. The third-order valence-electron chi connectivity index (χ3n) is 5.57. The van der Waals surface area contributed by atoms with E-state index in [1.165, 1.54) is 0 Å². The minimum Gasteiger partial charge on any atom is -0.496 e. The number of carbonyl (C=O) groups excluding carboxylic acids is 1. The summed E-state index contributed by atoms with van der Waals surface area (Å²) in [6, 6.07) is 11.5. The number of nitrogens with two attached hydrogens (primary N) is 1. The van der Waals surface area contributed by atoms with Crippen LogP contribution in [0.1, 0.15) is 43.2 Å². The van der Waals surface area contributed by atoms with Gasteiger partial charge >= 0.3 is 0 Å². The fourth-order valence-electron chi connectivity index (χ4n) is 3.81. The first-order chi connectivity index (χ1) is 13.4. The van der Waals surface area contributed by atoms with Crippen molar-refractivity contribution < 1.29 is 9.53 Å². The molecule has 6 heteroatoms. The van der Waals surface area contributed by atoms with Gasteiger partial charge in [0, 0.05) is 34.0 Å². The molecule has 0 unspecified atom stereocenters. The lowest BCUT2D eigenvalue weighted by molar-refractivity contribution is -0.123. The van der Waals surface area contributed by atoms with Crippen molar-refractivity contribution in [2.45, 2.75) is 51.1 Å². The molecule has 28 heavy (non-hydrogen) atoms. The summed E-state index contributed by atoms with van der Waals surface area (Å²) in [5, 5.41) is 6.64. The summed E-state index contributed by atoms with van der Waals surface area (Å²) in [7, 11) is 1.64. The third kappa shape index (κ3) is 4.50. The molecule has 1 fully saturated rings. The highest BCUT2D eigenvalue weighted by atomic mass is 79.9. The Morgan fingerprint density at radius 2 is 1.96 bits per heavy atom. The summed E-state index contributed by atoms with van der Waals surface area (Å²) in [6.45, 7) is 2.52. The zero-order valence-electron chi connectivity index (χ0n) is 16.5. The number of methoxy groups -OCH3 is 1. The highest BCUT2D eigenvalue weighted by Crippen LogP contribution is 2.32. The number of hydrogen-bond acceptors (Lipinski definition) is 4. The summed E-state index contributed by atoms with van der Waals surface area (Å²) in [4.78, 5) is 13.3. The van der Waals surface area contributed by atoms with Gasteiger partial charge in [0.15, 0.2) is 0 Å². The Balaban J connectivity index is 1.79. The van der Waals surface area contributed by atoms with Crippen molar-refractivity contribution in [2.24, 2.45) is 0 Å². The number of carbonyl (C=O) groups is 1. The number of ether oxygens (including phenoxy) is 1. The zero-order valence-corrected chi connectivity index (χ0v) is 18.1. The molecule has 4 N–H and O–H groups in total. The molecule has 0 aromatic heterocycles.